The van der Waals surface area contributed by atoms with Gasteiger partial charge in [0.15, 0.2) is 6.61 Å². The van der Waals surface area contributed by atoms with Crippen LogP contribution in [0.2, 0.25) is 0 Å². The Labute approximate surface area is 184 Å². The molecule has 0 spiro atoms. The third-order valence-electron chi connectivity index (χ3n) is 4.51. The van der Waals surface area contributed by atoms with Crippen molar-refractivity contribution in [1.82, 2.24) is 5.32 Å². The van der Waals surface area contributed by atoms with Crippen LogP contribution in [0.4, 0.5) is 13.2 Å². The summed E-state index contributed by atoms with van der Waals surface area (Å²) in [6.07, 6.45) is -2.56. The number of aliphatic hydroxyl groups excluding tert-OH is 1. The fourth-order valence-corrected chi connectivity index (χ4v) is 2.85. The number of alkyl halides is 3. The number of rotatable bonds is 12. The van der Waals surface area contributed by atoms with E-state index in [1.807, 2.05) is 25.1 Å². The van der Waals surface area contributed by atoms with Gasteiger partial charge in [0, 0.05) is 6.54 Å². The Kier molecular flexibility index (Phi) is 9.55. The Balaban J connectivity index is 1.70. The first kappa shape index (κ1) is 25.2. The van der Waals surface area contributed by atoms with Crippen LogP contribution in [0.25, 0.3) is 5.57 Å². The molecule has 9 heteroatoms. The van der Waals surface area contributed by atoms with E-state index < -0.39 is 30.4 Å². The summed E-state index contributed by atoms with van der Waals surface area (Å²) in [4.78, 5) is 10.5. The molecule has 2 aromatic rings. The highest BCUT2D eigenvalue weighted by atomic mass is 19.4. The molecule has 1 unspecified atom stereocenters. The van der Waals surface area contributed by atoms with E-state index in [1.165, 1.54) is 12.1 Å². The van der Waals surface area contributed by atoms with Gasteiger partial charge in [0.1, 0.15) is 24.2 Å². The highest BCUT2D eigenvalue weighted by Gasteiger charge is 2.30. The zero-order valence-electron chi connectivity index (χ0n) is 17.6. The molecular formula is C23H26F3NO5. The van der Waals surface area contributed by atoms with Crippen LogP contribution in [0.3, 0.4) is 0 Å². The molecule has 0 radical (unpaired) electrons. The summed E-state index contributed by atoms with van der Waals surface area (Å²) in [5, 5.41) is 21.8. The molecule has 0 bridgehead atoms. The summed E-state index contributed by atoms with van der Waals surface area (Å²) in [5.41, 5.74) is 1.29. The van der Waals surface area contributed by atoms with Gasteiger partial charge in [-0.15, -0.1) is 0 Å². The van der Waals surface area contributed by atoms with Gasteiger partial charge in [0.2, 0.25) is 0 Å². The van der Waals surface area contributed by atoms with Gasteiger partial charge in [-0.3, -0.25) is 0 Å². The van der Waals surface area contributed by atoms with E-state index >= 15 is 0 Å². The maximum Gasteiger partial charge on any atom is 0.416 e. The van der Waals surface area contributed by atoms with Gasteiger partial charge in [0.05, 0.1) is 5.56 Å². The largest absolute Gasteiger partial charge is 0.491 e. The molecule has 174 valence electrons. The number of ether oxygens (including phenoxy) is 2. The van der Waals surface area contributed by atoms with E-state index in [1.54, 1.807) is 12.1 Å². The highest BCUT2D eigenvalue weighted by Crippen LogP contribution is 2.30. The fraction of sp³-hybridized carbons (Fsp3) is 0.348. The molecule has 0 aliphatic heterocycles. The predicted octanol–water partition coefficient (Wildman–Crippen LogP) is 3.99. The molecule has 0 saturated carbocycles. The van der Waals surface area contributed by atoms with E-state index in [2.05, 4.69) is 5.32 Å². The Morgan fingerprint density at radius 1 is 1.06 bits per heavy atom. The van der Waals surface area contributed by atoms with Gasteiger partial charge in [0.25, 0.3) is 0 Å². The minimum atomic E-state index is -4.40. The Hall–Kier alpha value is -3.04. The predicted molar refractivity (Wildman–Crippen MR) is 114 cm³/mol. The normalized spacial score (nSPS) is 13.0. The highest BCUT2D eigenvalue weighted by molar-refractivity contribution is 5.69. The maximum atomic E-state index is 12.6. The summed E-state index contributed by atoms with van der Waals surface area (Å²) >= 11 is 0. The molecule has 32 heavy (non-hydrogen) atoms. The Morgan fingerprint density at radius 2 is 1.66 bits per heavy atom. The number of carboxylic acid groups (broad SMARTS) is 1. The van der Waals surface area contributed by atoms with E-state index in [-0.39, 0.29) is 18.9 Å². The first-order chi connectivity index (χ1) is 15.2. The first-order valence-corrected chi connectivity index (χ1v) is 9.98. The van der Waals surface area contributed by atoms with Crippen molar-refractivity contribution in [3.05, 3.63) is 65.7 Å². The molecular weight excluding hydrogens is 427 g/mol. The third-order valence-corrected chi connectivity index (χ3v) is 4.51. The van der Waals surface area contributed by atoms with Gasteiger partial charge < -0.3 is 25.0 Å². The van der Waals surface area contributed by atoms with Gasteiger partial charge in [-0.2, -0.15) is 13.2 Å². The molecule has 0 aliphatic rings. The number of nitrogens with one attached hydrogen (secondary N) is 1. The van der Waals surface area contributed by atoms with Crippen molar-refractivity contribution in [2.75, 3.05) is 26.3 Å². The second-order valence-corrected chi connectivity index (χ2v) is 6.96. The standard InChI is InChI=1S/C23H26F3NO5/c1-2-16(17-3-7-20(8-4-17)32-15-22(29)30)11-12-27-13-19(28)14-31-21-9-5-18(6-10-21)23(24,25)26/h2-10,19,27-28H,11-15H2,1H3,(H,29,30)/b16-2+. The summed E-state index contributed by atoms with van der Waals surface area (Å²) in [6, 6.07) is 11.4. The number of carbonyl (C=O) groups is 1. The number of carboxylic acids is 1. The van der Waals surface area contributed by atoms with Crippen LogP contribution in [0, 0.1) is 0 Å². The zero-order chi connectivity index (χ0) is 23.6. The number of halogens is 3. The van der Waals surface area contributed by atoms with Crippen molar-refractivity contribution in [2.24, 2.45) is 0 Å². The first-order valence-electron chi connectivity index (χ1n) is 9.98. The zero-order valence-corrected chi connectivity index (χ0v) is 17.6. The van der Waals surface area contributed by atoms with Crippen LogP contribution in [0.15, 0.2) is 54.6 Å². The minimum absolute atomic E-state index is 0.0490. The van der Waals surface area contributed by atoms with Crippen LogP contribution in [-0.4, -0.2) is 48.6 Å². The van der Waals surface area contributed by atoms with Crippen molar-refractivity contribution < 1.29 is 37.7 Å². The van der Waals surface area contributed by atoms with Gasteiger partial charge in [-0.05, 0) is 67.4 Å². The molecule has 0 amide bonds. The van der Waals surface area contributed by atoms with Gasteiger partial charge >= 0.3 is 12.1 Å². The van der Waals surface area contributed by atoms with Crippen molar-refractivity contribution in [2.45, 2.75) is 25.6 Å². The van der Waals surface area contributed by atoms with Gasteiger partial charge in [-0.25, -0.2) is 4.79 Å². The fourth-order valence-electron chi connectivity index (χ4n) is 2.85. The van der Waals surface area contributed by atoms with Crippen LogP contribution in [-0.2, 0) is 11.0 Å². The quantitative estimate of drug-likeness (QED) is 0.421. The third kappa shape index (κ3) is 8.60. The Morgan fingerprint density at radius 3 is 2.22 bits per heavy atom. The lowest BCUT2D eigenvalue weighted by Crippen LogP contribution is -2.32. The molecule has 2 rings (SSSR count). The van der Waals surface area contributed by atoms with E-state index in [0.717, 1.165) is 23.3 Å². The summed E-state index contributed by atoms with van der Waals surface area (Å²) in [7, 11) is 0. The minimum Gasteiger partial charge on any atom is -0.491 e. The van der Waals surface area contributed by atoms with Crippen LogP contribution in [0.1, 0.15) is 24.5 Å². The van der Waals surface area contributed by atoms with Crippen LogP contribution >= 0.6 is 0 Å². The molecule has 0 aromatic heterocycles. The van der Waals surface area contributed by atoms with Crippen molar-refractivity contribution in [1.29, 1.82) is 0 Å². The SMILES string of the molecule is C/C=C(\CCNCC(O)COc1ccc(C(F)(F)F)cc1)c1ccc(OCC(=O)O)cc1. The molecule has 3 N–H and O–H groups in total. The molecule has 2 aromatic carbocycles. The number of aliphatic carboxylic acids is 1. The Bertz CT molecular complexity index is 880. The lowest BCUT2D eigenvalue weighted by Gasteiger charge is -2.15. The van der Waals surface area contributed by atoms with Crippen LogP contribution in [0.5, 0.6) is 11.5 Å². The maximum absolute atomic E-state index is 12.6. The average Bonchev–Trinajstić information content (AvgIpc) is 2.76. The summed E-state index contributed by atoms with van der Waals surface area (Å²) < 4.78 is 48.1. The van der Waals surface area contributed by atoms with Gasteiger partial charge in [-0.1, -0.05) is 18.2 Å². The number of hydrogen-bond acceptors (Lipinski definition) is 5. The number of allylic oxidation sites excluding steroid dienone is 1. The molecule has 0 saturated heterocycles. The van der Waals surface area contributed by atoms with Crippen molar-refractivity contribution in [3.8, 4) is 11.5 Å². The molecule has 0 fully saturated rings. The second kappa shape index (κ2) is 12.1. The topological polar surface area (TPSA) is 88.0 Å². The average molecular weight is 453 g/mol. The van der Waals surface area contributed by atoms with E-state index in [4.69, 9.17) is 14.6 Å². The van der Waals surface area contributed by atoms with Crippen LogP contribution < -0.4 is 14.8 Å². The number of benzene rings is 2. The monoisotopic (exact) mass is 453 g/mol. The molecule has 0 heterocycles. The smallest absolute Gasteiger partial charge is 0.416 e. The number of hydrogen-bond donors (Lipinski definition) is 3. The second-order valence-electron chi connectivity index (χ2n) is 6.96. The van der Waals surface area contributed by atoms with E-state index in [0.29, 0.717) is 18.7 Å². The lowest BCUT2D eigenvalue weighted by molar-refractivity contribution is -0.139. The molecule has 0 aliphatic carbocycles. The summed E-state index contributed by atoms with van der Waals surface area (Å²) in [5.74, 6) is -0.314. The molecule has 6 nitrogen and oxygen atoms in total. The van der Waals surface area contributed by atoms with Crippen molar-refractivity contribution in [3.63, 3.8) is 0 Å². The lowest BCUT2D eigenvalue weighted by atomic mass is 10.0. The van der Waals surface area contributed by atoms with E-state index in [9.17, 15) is 23.1 Å². The van der Waals surface area contributed by atoms with Crippen molar-refractivity contribution >= 4 is 11.5 Å². The molecule has 1 atom stereocenters. The number of aliphatic hydroxyl groups is 1. The summed E-state index contributed by atoms with van der Waals surface area (Å²) in [6.45, 7) is 2.32.